The molecule has 2 aromatic rings. The molecule has 0 spiro atoms. The van der Waals surface area contributed by atoms with E-state index in [4.69, 9.17) is 11.6 Å². The van der Waals surface area contributed by atoms with E-state index in [1.54, 1.807) is 0 Å². The highest BCUT2D eigenvalue weighted by molar-refractivity contribution is 6.33. The van der Waals surface area contributed by atoms with Gasteiger partial charge in [0, 0.05) is 38.5 Å². The second-order valence-electron chi connectivity index (χ2n) is 7.38. The third-order valence-corrected chi connectivity index (χ3v) is 5.57. The standard InChI is InChI=1S/C21H25ClN4O3/c1-24(2)16-7-5-15(6-8-16)20(25-11-3-4-12-25)14-23-21(27)18-13-17(26(28)29)9-10-19(18)22/h5-10,13,20H,3-4,11-12,14H2,1-2H3,(H,23,27)/t20-/m1/s1. The van der Waals surface area contributed by atoms with Crippen molar-refractivity contribution in [2.24, 2.45) is 0 Å². The molecule has 0 aliphatic carbocycles. The Morgan fingerprint density at radius 1 is 1.21 bits per heavy atom. The Morgan fingerprint density at radius 2 is 1.86 bits per heavy atom. The van der Waals surface area contributed by atoms with Gasteiger partial charge in [-0.1, -0.05) is 23.7 Å². The summed E-state index contributed by atoms with van der Waals surface area (Å²) in [5, 5.41) is 14.1. The Bertz CT molecular complexity index is 880. The smallest absolute Gasteiger partial charge is 0.270 e. The summed E-state index contributed by atoms with van der Waals surface area (Å²) < 4.78 is 0. The summed E-state index contributed by atoms with van der Waals surface area (Å²) in [7, 11) is 3.99. The lowest BCUT2D eigenvalue weighted by Crippen LogP contribution is -2.37. The summed E-state index contributed by atoms with van der Waals surface area (Å²) >= 11 is 6.10. The van der Waals surface area contributed by atoms with Crippen molar-refractivity contribution in [3.63, 3.8) is 0 Å². The quantitative estimate of drug-likeness (QED) is 0.547. The van der Waals surface area contributed by atoms with Crippen LogP contribution in [0, 0.1) is 10.1 Å². The van der Waals surface area contributed by atoms with E-state index in [0.717, 1.165) is 37.2 Å². The lowest BCUT2D eigenvalue weighted by Gasteiger charge is -2.28. The van der Waals surface area contributed by atoms with Gasteiger partial charge in [0.25, 0.3) is 11.6 Å². The second kappa shape index (κ2) is 9.24. The molecule has 3 rings (SSSR count). The first kappa shape index (κ1) is 21.1. The minimum atomic E-state index is -0.535. The van der Waals surface area contributed by atoms with E-state index in [0.29, 0.717) is 6.54 Å². The van der Waals surface area contributed by atoms with Gasteiger partial charge in [-0.25, -0.2) is 0 Å². The lowest BCUT2D eigenvalue weighted by molar-refractivity contribution is -0.384. The number of nitrogens with zero attached hydrogens (tertiary/aromatic N) is 3. The van der Waals surface area contributed by atoms with Crippen LogP contribution in [0.15, 0.2) is 42.5 Å². The van der Waals surface area contributed by atoms with Crippen molar-refractivity contribution in [3.8, 4) is 0 Å². The number of nitrogens with one attached hydrogen (secondary N) is 1. The summed E-state index contributed by atoms with van der Waals surface area (Å²) in [6.45, 7) is 2.36. The molecule has 0 saturated carbocycles. The van der Waals surface area contributed by atoms with Crippen molar-refractivity contribution in [2.75, 3.05) is 38.6 Å². The van der Waals surface area contributed by atoms with Crippen molar-refractivity contribution in [1.82, 2.24) is 10.2 Å². The van der Waals surface area contributed by atoms with E-state index in [2.05, 4.69) is 34.5 Å². The van der Waals surface area contributed by atoms with Crippen LogP contribution in [0.5, 0.6) is 0 Å². The van der Waals surface area contributed by atoms with Gasteiger partial charge in [0.05, 0.1) is 21.6 Å². The predicted molar refractivity (Wildman–Crippen MR) is 115 cm³/mol. The second-order valence-corrected chi connectivity index (χ2v) is 7.78. The molecule has 29 heavy (non-hydrogen) atoms. The maximum atomic E-state index is 12.7. The molecule has 8 heteroatoms. The Labute approximate surface area is 175 Å². The summed E-state index contributed by atoms with van der Waals surface area (Å²) in [4.78, 5) is 27.6. The number of non-ortho nitro benzene ring substituents is 1. The number of hydrogen-bond acceptors (Lipinski definition) is 5. The zero-order valence-corrected chi connectivity index (χ0v) is 17.4. The highest BCUT2D eigenvalue weighted by atomic mass is 35.5. The number of anilines is 1. The lowest BCUT2D eigenvalue weighted by atomic mass is 10.0. The van der Waals surface area contributed by atoms with Crippen LogP contribution in [-0.2, 0) is 0 Å². The SMILES string of the molecule is CN(C)c1ccc([C@@H](CNC(=O)c2cc([N+](=O)[O-])ccc2Cl)N2CCCC2)cc1. The van der Waals surface area contributed by atoms with Crippen molar-refractivity contribution < 1.29 is 9.72 Å². The molecule has 1 heterocycles. The average Bonchev–Trinajstić information content (AvgIpc) is 3.23. The molecule has 0 radical (unpaired) electrons. The summed E-state index contributed by atoms with van der Waals surface area (Å²) in [5.41, 5.74) is 2.20. The number of rotatable bonds is 7. The van der Waals surface area contributed by atoms with Gasteiger partial charge in [-0.2, -0.15) is 0 Å². The first-order valence-corrected chi connectivity index (χ1v) is 9.98. The first-order valence-electron chi connectivity index (χ1n) is 9.60. The minimum absolute atomic E-state index is 0.0372. The number of carbonyl (C=O) groups is 1. The predicted octanol–water partition coefficient (Wildman–Crippen LogP) is 3.88. The number of benzene rings is 2. The number of likely N-dealkylation sites (tertiary alicyclic amines) is 1. The molecule has 1 atom stereocenters. The van der Waals surface area contributed by atoms with Crippen LogP contribution in [-0.4, -0.2) is 49.5 Å². The summed E-state index contributed by atoms with van der Waals surface area (Å²) in [6, 6.07) is 12.2. The molecule has 1 aliphatic heterocycles. The molecule has 0 unspecified atom stereocenters. The Morgan fingerprint density at radius 3 is 2.45 bits per heavy atom. The Hall–Kier alpha value is -2.64. The third kappa shape index (κ3) is 5.05. The number of nitro benzene ring substituents is 1. The largest absolute Gasteiger partial charge is 0.378 e. The first-order chi connectivity index (χ1) is 13.9. The fraction of sp³-hybridized carbons (Fsp3) is 0.381. The van der Waals surface area contributed by atoms with Gasteiger partial charge in [-0.3, -0.25) is 19.8 Å². The summed E-state index contributed by atoms with van der Waals surface area (Å²) in [6.07, 6.45) is 2.27. The molecule has 1 amide bonds. The van der Waals surface area contributed by atoms with Gasteiger partial charge < -0.3 is 10.2 Å². The molecule has 1 saturated heterocycles. The highest BCUT2D eigenvalue weighted by Crippen LogP contribution is 2.27. The van der Waals surface area contributed by atoms with E-state index in [1.165, 1.54) is 18.2 Å². The van der Waals surface area contributed by atoms with E-state index in [-0.39, 0.29) is 22.3 Å². The van der Waals surface area contributed by atoms with Crippen LogP contribution in [0.25, 0.3) is 0 Å². The topological polar surface area (TPSA) is 78.7 Å². The number of carbonyl (C=O) groups excluding carboxylic acids is 1. The molecule has 2 aromatic carbocycles. The van der Waals surface area contributed by atoms with Crippen molar-refractivity contribution in [2.45, 2.75) is 18.9 Å². The van der Waals surface area contributed by atoms with Crippen molar-refractivity contribution in [1.29, 1.82) is 0 Å². The zero-order valence-electron chi connectivity index (χ0n) is 16.6. The molecule has 7 nitrogen and oxygen atoms in total. The van der Waals surface area contributed by atoms with Gasteiger partial charge in [0.2, 0.25) is 0 Å². The molecule has 1 N–H and O–H groups in total. The van der Waals surface area contributed by atoms with Crippen LogP contribution in [0.2, 0.25) is 5.02 Å². The van der Waals surface area contributed by atoms with Crippen LogP contribution < -0.4 is 10.2 Å². The number of amides is 1. The Balaban J connectivity index is 1.77. The van der Waals surface area contributed by atoms with Gasteiger partial charge in [0.1, 0.15) is 0 Å². The van der Waals surface area contributed by atoms with Crippen molar-refractivity contribution in [3.05, 3.63) is 68.7 Å². The van der Waals surface area contributed by atoms with Crippen LogP contribution in [0.4, 0.5) is 11.4 Å². The van der Waals surface area contributed by atoms with E-state index in [9.17, 15) is 14.9 Å². The number of hydrogen-bond donors (Lipinski definition) is 1. The maximum Gasteiger partial charge on any atom is 0.270 e. The fourth-order valence-electron chi connectivity index (χ4n) is 3.59. The van der Waals surface area contributed by atoms with Gasteiger partial charge in [-0.05, 0) is 49.7 Å². The van der Waals surface area contributed by atoms with Crippen LogP contribution >= 0.6 is 11.6 Å². The average molecular weight is 417 g/mol. The van der Waals surface area contributed by atoms with E-state index < -0.39 is 10.8 Å². The van der Waals surface area contributed by atoms with Gasteiger partial charge in [0.15, 0.2) is 0 Å². The monoisotopic (exact) mass is 416 g/mol. The molecule has 154 valence electrons. The molecule has 0 bridgehead atoms. The van der Waals surface area contributed by atoms with E-state index in [1.807, 2.05) is 19.0 Å². The third-order valence-electron chi connectivity index (χ3n) is 5.24. The molecule has 1 fully saturated rings. The number of nitro groups is 1. The van der Waals surface area contributed by atoms with Gasteiger partial charge in [-0.15, -0.1) is 0 Å². The molecule has 0 aromatic heterocycles. The number of halogens is 1. The maximum absolute atomic E-state index is 12.7. The van der Waals surface area contributed by atoms with Crippen molar-refractivity contribution >= 4 is 28.9 Å². The highest BCUT2D eigenvalue weighted by Gasteiger charge is 2.25. The Kier molecular flexibility index (Phi) is 6.71. The minimum Gasteiger partial charge on any atom is -0.378 e. The van der Waals surface area contributed by atoms with Crippen LogP contribution in [0.3, 0.4) is 0 Å². The normalized spacial score (nSPS) is 15.1. The summed E-state index contributed by atoms with van der Waals surface area (Å²) in [5.74, 6) is -0.409. The van der Waals surface area contributed by atoms with E-state index >= 15 is 0 Å². The zero-order chi connectivity index (χ0) is 21.0. The van der Waals surface area contributed by atoms with Crippen LogP contribution in [0.1, 0.15) is 34.8 Å². The fourth-order valence-corrected chi connectivity index (χ4v) is 3.79. The molecular weight excluding hydrogens is 392 g/mol. The van der Waals surface area contributed by atoms with Gasteiger partial charge >= 0.3 is 0 Å². The molecule has 1 aliphatic rings. The molecular formula is C21H25ClN4O3.